The summed E-state index contributed by atoms with van der Waals surface area (Å²) < 4.78 is 26.6. The highest BCUT2D eigenvalue weighted by Crippen LogP contribution is 2.37. The monoisotopic (exact) mass is 412 g/mol. The van der Waals surface area contributed by atoms with Crippen molar-refractivity contribution in [2.45, 2.75) is 36.6 Å². The highest BCUT2D eigenvalue weighted by atomic mass is 35.5. The summed E-state index contributed by atoms with van der Waals surface area (Å²) in [5.74, 6) is 1.55. The number of likely N-dealkylation sites (tertiary alicyclic amines) is 1. The van der Waals surface area contributed by atoms with E-state index in [0.29, 0.717) is 42.6 Å². The zero-order valence-electron chi connectivity index (χ0n) is 15.0. The lowest BCUT2D eigenvalue weighted by atomic mass is 9.98. The molecule has 3 unspecified atom stereocenters. The molecule has 3 aliphatic rings. The van der Waals surface area contributed by atoms with Gasteiger partial charge >= 0.3 is 0 Å². The van der Waals surface area contributed by atoms with Crippen molar-refractivity contribution in [3.8, 4) is 0 Å². The maximum Gasteiger partial charge on any atom is 0.263 e. The molecule has 1 aromatic carbocycles. The second-order valence-electron chi connectivity index (χ2n) is 7.40. The molecule has 3 atom stereocenters. The summed E-state index contributed by atoms with van der Waals surface area (Å²) in [5, 5.41) is 0. The minimum absolute atomic E-state index is 0. The molecule has 2 aliphatic heterocycles. The summed E-state index contributed by atoms with van der Waals surface area (Å²) >= 11 is 0. The van der Waals surface area contributed by atoms with Crippen LogP contribution in [0, 0.1) is 11.8 Å². The maximum absolute atomic E-state index is 12.4. The van der Waals surface area contributed by atoms with Gasteiger partial charge < -0.3 is 10.6 Å². The number of hydrogen-bond acceptors (Lipinski definition) is 5. The van der Waals surface area contributed by atoms with E-state index >= 15 is 0 Å². The number of amidine groups is 1. The average molecular weight is 413 g/mol. The summed E-state index contributed by atoms with van der Waals surface area (Å²) in [6.07, 6.45) is 3.24. The number of hydrogen-bond donors (Lipinski definition) is 2. The zero-order chi connectivity index (χ0) is 18.3. The lowest BCUT2D eigenvalue weighted by molar-refractivity contribution is -0.130. The van der Waals surface area contributed by atoms with Crippen LogP contribution in [-0.2, 0) is 14.8 Å². The molecular weight excluding hydrogens is 388 g/mol. The number of sulfonamides is 1. The predicted molar refractivity (Wildman–Crippen MR) is 105 cm³/mol. The van der Waals surface area contributed by atoms with Crippen molar-refractivity contribution >= 4 is 34.2 Å². The van der Waals surface area contributed by atoms with Crippen LogP contribution in [0.2, 0.25) is 0 Å². The molecule has 0 aromatic heterocycles. The summed E-state index contributed by atoms with van der Waals surface area (Å²) in [6, 6.07) is 7.02. The fraction of sp³-hybridized carbons (Fsp3) is 0.556. The molecule has 4 rings (SSSR count). The highest BCUT2D eigenvalue weighted by Gasteiger charge is 2.42. The van der Waals surface area contributed by atoms with E-state index in [2.05, 4.69) is 9.71 Å². The van der Waals surface area contributed by atoms with Crippen LogP contribution >= 0.6 is 12.4 Å². The van der Waals surface area contributed by atoms with E-state index in [9.17, 15) is 13.2 Å². The van der Waals surface area contributed by atoms with Crippen LogP contribution in [0.5, 0.6) is 0 Å². The van der Waals surface area contributed by atoms with E-state index in [1.165, 1.54) is 0 Å². The SMILES string of the molecule is Cl.NC1CCC2CN(C(=O)CCCN=C3NS(=O)(=O)c4ccccc43)CC12. The zero-order valence-corrected chi connectivity index (χ0v) is 16.6. The fourth-order valence-electron chi connectivity index (χ4n) is 4.34. The fourth-order valence-corrected chi connectivity index (χ4v) is 5.59. The van der Waals surface area contributed by atoms with Gasteiger partial charge in [0.15, 0.2) is 0 Å². The third-order valence-electron chi connectivity index (χ3n) is 5.75. The van der Waals surface area contributed by atoms with Crippen molar-refractivity contribution in [1.82, 2.24) is 9.62 Å². The van der Waals surface area contributed by atoms with Crippen LogP contribution in [-0.4, -0.2) is 50.7 Å². The van der Waals surface area contributed by atoms with Crippen molar-refractivity contribution < 1.29 is 13.2 Å². The van der Waals surface area contributed by atoms with E-state index in [1.807, 2.05) is 4.90 Å². The van der Waals surface area contributed by atoms with Crippen LogP contribution in [0.1, 0.15) is 31.2 Å². The van der Waals surface area contributed by atoms with Crippen LogP contribution in [0.4, 0.5) is 0 Å². The predicted octanol–water partition coefficient (Wildman–Crippen LogP) is 1.12. The Morgan fingerprint density at radius 2 is 2.04 bits per heavy atom. The van der Waals surface area contributed by atoms with Crippen molar-refractivity contribution in [3.63, 3.8) is 0 Å². The molecule has 1 saturated carbocycles. The number of nitrogens with zero attached hydrogens (tertiary/aromatic N) is 2. The van der Waals surface area contributed by atoms with E-state index in [0.717, 1.165) is 25.9 Å². The number of carbonyl (C=O) groups excluding carboxylic acids is 1. The Kier molecular flexibility index (Phi) is 5.79. The van der Waals surface area contributed by atoms with Gasteiger partial charge in [-0.2, -0.15) is 0 Å². The van der Waals surface area contributed by atoms with Crippen molar-refractivity contribution in [2.75, 3.05) is 19.6 Å². The first kappa shape index (κ1) is 20.1. The third-order valence-corrected chi connectivity index (χ3v) is 7.14. The molecular formula is C18H25ClN4O3S. The Bertz CT molecular complexity index is 858. The van der Waals surface area contributed by atoms with E-state index in [1.54, 1.807) is 24.3 Å². The van der Waals surface area contributed by atoms with E-state index < -0.39 is 10.0 Å². The summed E-state index contributed by atoms with van der Waals surface area (Å²) in [4.78, 5) is 19.0. The number of benzene rings is 1. The van der Waals surface area contributed by atoms with Crippen LogP contribution in [0.3, 0.4) is 0 Å². The molecule has 1 amide bonds. The Hall–Kier alpha value is -1.64. The van der Waals surface area contributed by atoms with Crippen molar-refractivity contribution in [3.05, 3.63) is 29.8 Å². The maximum atomic E-state index is 12.4. The molecule has 9 heteroatoms. The molecule has 1 aromatic rings. The molecule has 1 aliphatic carbocycles. The van der Waals surface area contributed by atoms with Gasteiger partial charge in [-0.3, -0.25) is 14.5 Å². The third kappa shape index (κ3) is 3.83. The molecule has 27 heavy (non-hydrogen) atoms. The van der Waals surface area contributed by atoms with E-state index in [-0.39, 0.29) is 29.3 Å². The lowest BCUT2D eigenvalue weighted by Crippen LogP contribution is -2.33. The van der Waals surface area contributed by atoms with Gasteiger partial charge in [0.2, 0.25) is 5.91 Å². The lowest BCUT2D eigenvalue weighted by Gasteiger charge is -2.18. The van der Waals surface area contributed by atoms with Crippen LogP contribution in [0.15, 0.2) is 34.2 Å². The number of aliphatic imine (C=N–C) groups is 1. The molecule has 2 heterocycles. The normalized spacial score (nSPS) is 29.1. The number of amides is 1. The van der Waals surface area contributed by atoms with Crippen molar-refractivity contribution in [1.29, 1.82) is 0 Å². The van der Waals surface area contributed by atoms with Gasteiger partial charge in [-0.1, -0.05) is 12.1 Å². The van der Waals surface area contributed by atoms with Gasteiger partial charge in [0.05, 0.1) is 4.90 Å². The van der Waals surface area contributed by atoms with Gasteiger partial charge in [-0.15, -0.1) is 12.4 Å². The van der Waals surface area contributed by atoms with Gasteiger partial charge in [-0.05, 0) is 43.2 Å². The topological polar surface area (TPSA) is 105 Å². The number of nitrogens with two attached hydrogens (primary N) is 1. The first-order valence-corrected chi connectivity index (χ1v) is 10.6. The number of fused-ring (bicyclic) bond motifs is 2. The Morgan fingerprint density at radius 1 is 1.26 bits per heavy atom. The van der Waals surface area contributed by atoms with Gasteiger partial charge in [0.25, 0.3) is 10.0 Å². The largest absolute Gasteiger partial charge is 0.342 e. The molecule has 0 spiro atoms. The molecule has 148 valence electrons. The average Bonchev–Trinajstić information content (AvgIpc) is 3.26. The molecule has 0 bridgehead atoms. The second kappa shape index (κ2) is 7.77. The van der Waals surface area contributed by atoms with Gasteiger partial charge in [0.1, 0.15) is 5.84 Å². The first-order chi connectivity index (χ1) is 12.5. The highest BCUT2D eigenvalue weighted by molar-refractivity contribution is 7.90. The quantitative estimate of drug-likeness (QED) is 0.723. The minimum Gasteiger partial charge on any atom is -0.342 e. The second-order valence-corrected chi connectivity index (χ2v) is 9.05. The summed E-state index contributed by atoms with van der Waals surface area (Å²) in [6.45, 7) is 2.03. The number of nitrogens with one attached hydrogen (secondary N) is 1. The molecule has 1 saturated heterocycles. The minimum atomic E-state index is -3.50. The molecule has 7 nitrogen and oxygen atoms in total. The van der Waals surface area contributed by atoms with Crippen LogP contribution in [0.25, 0.3) is 0 Å². The molecule has 0 radical (unpaired) electrons. The summed E-state index contributed by atoms with van der Waals surface area (Å²) in [5.41, 5.74) is 6.72. The summed E-state index contributed by atoms with van der Waals surface area (Å²) in [7, 11) is -3.50. The van der Waals surface area contributed by atoms with Gasteiger partial charge in [-0.25, -0.2) is 8.42 Å². The number of rotatable bonds is 4. The van der Waals surface area contributed by atoms with Gasteiger partial charge in [0, 0.05) is 37.7 Å². The smallest absolute Gasteiger partial charge is 0.263 e. The Labute approximate surface area is 165 Å². The number of halogens is 1. The molecule has 2 fully saturated rings. The Balaban J connectivity index is 0.00000210. The Morgan fingerprint density at radius 3 is 2.81 bits per heavy atom. The van der Waals surface area contributed by atoms with Crippen LogP contribution < -0.4 is 10.5 Å². The number of carbonyl (C=O) groups is 1. The molecule has 3 N–H and O–H groups in total. The van der Waals surface area contributed by atoms with Crippen molar-refractivity contribution in [2.24, 2.45) is 22.6 Å². The van der Waals surface area contributed by atoms with E-state index in [4.69, 9.17) is 5.73 Å². The standard InChI is InChI=1S/C18H24N4O3S.ClH/c19-15-8-7-12-10-22(11-14(12)15)17(23)6-3-9-20-18-13-4-1-2-5-16(13)26(24,25)21-18;/h1-2,4-5,12,14-15H,3,6-11,19H2,(H,20,21);1H. The first-order valence-electron chi connectivity index (χ1n) is 9.16.